The first-order chi connectivity index (χ1) is 6.79. The van der Waals surface area contributed by atoms with Crippen LogP contribution in [0.25, 0.3) is 11.4 Å². The Hall–Kier alpha value is -1.35. The average molecular weight is 208 g/mol. The quantitative estimate of drug-likeness (QED) is 0.823. The monoisotopic (exact) mass is 207 g/mol. The van der Waals surface area contributed by atoms with Crippen molar-refractivity contribution in [2.75, 3.05) is 0 Å². The van der Waals surface area contributed by atoms with Crippen LogP contribution in [0.2, 0.25) is 5.02 Å². The number of aromatic amines is 1. The topological polar surface area (TPSA) is 41.6 Å². The number of nitrogens with one attached hydrogen (secondary N) is 1. The van der Waals surface area contributed by atoms with Gasteiger partial charge in [0.05, 0.1) is 5.02 Å². The fraction of sp³-hybridized carbons (Fsp3) is 0.200. The number of H-pyrrole nitrogens is 1. The Balaban J connectivity index is 2.39. The Kier molecular flexibility index (Phi) is 2.50. The number of rotatable bonds is 2. The predicted molar refractivity (Wildman–Crippen MR) is 56.2 cm³/mol. The second-order valence-electron chi connectivity index (χ2n) is 3.00. The van der Waals surface area contributed by atoms with Crippen molar-refractivity contribution in [1.29, 1.82) is 0 Å². The van der Waals surface area contributed by atoms with E-state index in [1.165, 1.54) is 0 Å². The van der Waals surface area contributed by atoms with Crippen LogP contribution in [0.1, 0.15) is 12.6 Å². The number of hydrogen-bond acceptors (Lipinski definition) is 2. The third-order valence-corrected chi connectivity index (χ3v) is 2.19. The zero-order valence-corrected chi connectivity index (χ0v) is 8.54. The van der Waals surface area contributed by atoms with Gasteiger partial charge in [-0.25, -0.2) is 4.98 Å². The van der Waals surface area contributed by atoms with Crippen LogP contribution in [0.15, 0.2) is 24.7 Å². The molecule has 4 heteroatoms. The number of pyridine rings is 1. The van der Waals surface area contributed by atoms with Gasteiger partial charge in [0, 0.05) is 29.8 Å². The van der Waals surface area contributed by atoms with Crippen molar-refractivity contribution in [1.82, 2.24) is 15.0 Å². The van der Waals surface area contributed by atoms with E-state index in [4.69, 9.17) is 11.6 Å². The van der Waals surface area contributed by atoms with Gasteiger partial charge >= 0.3 is 0 Å². The summed E-state index contributed by atoms with van der Waals surface area (Å²) in [4.78, 5) is 11.4. The molecule has 0 saturated heterocycles. The first kappa shape index (κ1) is 9.21. The summed E-state index contributed by atoms with van der Waals surface area (Å²) < 4.78 is 0. The SMILES string of the molecule is CCc1cnc(-c2cncc(Cl)c2)[nH]1. The molecule has 0 spiro atoms. The highest BCUT2D eigenvalue weighted by atomic mass is 35.5. The molecule has 0 aromatic carbocycles. The molecule has 2 heterocycles. The molecule has 0 saturated carbocycles. The van der Waals surface area contributed by atoms with Crippen molar-refractivity contribution in [3.8, 4) is 11.4 Å². The Morgan fingerprint density at radius 2 is 2.21 bits per heavy atom. The minimum Gasteiger partial charge on any atom is -0.342 e. The molecule has 0 atom stereocenters. The third kappa shape index (κ3) is 1.77. The molecule has 0 unspecified atom stereocenters. The maximum atomic E-state index is 5.83. The zero-order valence-electron chi connectivity index (χ0n) is 7.79. The van der Waals surface area contributed by atoms with Gasteiger partial charge in [0.25, 0.3) is 0 Å². The van der Waals surface area contributed by atoms with Crippen molar-refractivity contribution < 1.29 is 0 Å². The smallest absolute Gasteiger partial charge is 0.139 e. The lowest BCUT2D eigenvalue weighted by Crippen LogP contribution is -1.83. The van der Waals surface area contributed by atoms with Gasteiger partial charge in [-0.1, -0.05) is 18.5 Å². The minimum absolute atomic E-state index is 0.622. The molecular formula is C10H10ClN3. The van der Waals surface area contributed by atoms with Crippen LogP contribution in [-0.4, -0.2) is 15.0 Å². The normalized spacial score (nSPS) is 10.4. The van der Waals surface area contributed by atoms with Crippen molar-refractivity contribution >= 4 is 11.6 Å². The zero-order chi connectivity index (χ0) is 9.97. The lowest BCUT2D eigenvalue weighted by atomic mass is 10.3. The molecule has 2 aromatic rings. The number of halogens is 1. The van der Waals surface area contributed by atoms with Gasteiger partial charge in [-0.2, -0.15) is 0 Å². The summed E-state index contributed by atoms with van der Waals surface area (Å²) in [5.41, 5.74) is 2.03. The first-order valence-corrected chi connectivity index (χ1v) is 4.82. The van der Waals surface area contributed by atoms with E-state index < -0.39 is 0 Å². The maximum absolute atomic E-state index is 5.83. The second-order valence-corrected chi connectivity index (χ2v) is 3.44. The summed E-state index contributed by atoms with van der Waals surface area (Å²) in [6.45, 7) is 2.08. The number of hydrogen-bond donors (Lipinski definition) is 1. The highest BCUT2D eigenvalue weighted by Crippen LogP contribution is 2.18. The van der Waals surface area contributed by atoms with Crippen LogP contribution in [0.5, 0.6) is 0 Å². The molecule has 2 aromatic heterocycles. The summed E-state index contributed by atoms with van der Waals surface area (Å²) in [5, 5.41) is 0.622. The molecule has 0 fully saturated rings. The summed E-state index contributed by atoms with van der Waals surface area (Å²) in [6, 6.07) is 1.84. The van der Waals surface area contributed by atoms with E-state index in [1.54, 1.807) is 12.4 Å². The van der Waals surface area contributed by atoms with Crippen molar-refractivity contribution in [2.24, 2.45) is 0 Å². The largest absolute Gasteiger partial charge is 0.342 e. The Morgan fingerprint density at radius 3 is 2.86 bits per heavy atom. The van der Waals surface area contributed by atoms with Crippen LogP contribution in [0, 0.1) is 0 Å². The summed E-state index contributed by atoms with van der Waals surface area (Å²) in [5.74, 6) is 0.817. The van der Waals surface area contributed by atoms with E-state index >= 15 is 0 Å². The Morgan fingerprint density at radius 1 is 1.36 bits per heavy atom. The molecular weight excluding hydrogens is 198 g/mol. The molecule has 0 radical (unpaired) electrons. The maximum Gasteiger partial charge on any atom is 0.139 e. The fourth-order valence-electron chi connectivity index (χ4n) is 1.23. The predicted octanol–water partition coefficient (Wildman–Crippen LogP) is 2.69. The average Bonchev–Trinajstić information content (AvgIpc) is 2.66. The van der Waals surface area contributed by atoms with Crippen molar-refractivity contribution in [3.63, 3.8) is 0 Å². The Labute approximate surface area is 87.2 Å². The van der Waals surface area contributed by atoms with Gasteiger partial charge in [0.2, 0.25) is 0 Å². The van der Waals surface area contributed by atoms with Gasteiger partial charge in [-0.3, -0.25) is 4.98 Å². The molecule has 2 rings (SSSR count). The number of aromatic nitrogens is 3. The van der Waals surface area contributed by atoms with Crippen LogP contribution < -0.4 is 0 Å². The molecule has 0 amide bonds. The summed E-state index contributed by atoms with van der Waals surface area (Å²) in [6.07, 6.45) is 6.12. The Bertz CT molecular complexity index is 436. The van der Waals surface area contributed by atoms with Gasteiger partial charge in [-0.15, -0.1) is 0 Å². The number of imidazole rings is 1. The van der Waals surface area contributed by atoms with Crippen LogP contribution >= 0.6 is 11.6 Å². The van der Waals surface area contributed by atoms with Gasteiger partial charge < -0.3 is 4.98 Å². The summed E-state index contributed by atoms with van der Waals surface area (Å²) >= 11 is 5.83. The molecule has 3 nitrogen and oxygen atoms in total. The van der Waals surface area contributed by atoms with Gasteiger partial charge in [0.15, 0.2) is 0 Å². The van der Waals surface area contributed by atoms with E-state index in [0.717, 1.165) is 23.5 Å². The summed E-state index contributed by atoms with van der Waals surface area (Å²) in [7, 11) is 0. The highest BCUT2D eigenvalue weighted by Gasteiger charge is 2.02. The number of nitrogens with zero attached hydrogens (tertiary/aromatic N) is 2. The van der Waals surface area contributed by atoms with E-state index in [2.05, 4.69) is 21.9 Å². The molecule has 0 aliphatic rings. The molecule has 0 aliphatic heterocycles. The van der Waals surface area contributed by atoms with E-state index in [1.807, 2.05) is 12.3 Å². The van der Waals surface area contributed by atoms with Crippen molar-refractivity contribution in [3.05, 3.63) is 35.4 Å². The standard InChI is InChI=1S/C10H10ClN3/c1-2-9-6-13-10(14-9)7-3-8(11)5-12-4-7/h3-6H,2H2,1H3,(H,13,14). The lowest BCUT2D eigenvalue weighted by Gasteiger charge is -1.96. The fourth-order valence-corrected chi connectivity index (χ4v) is 1.40. The van der Waals surface area contributed by atoms with Crippen LogP contribution in [-0.2, 0) is 6.42 Å². The van der Waals surface area contributed by atoms with Gasteiger partial charge in [0.1, 0.15) is 5.82 Å². The van der Waals surface area contributed by atoms with Gasteiger partial charge in [-0.05, 0) is 12.5 Å². The first-order valence-electron chi connectivity index (χ1n) is 4.44. The van der Waals surface area contributed by atoms with Crippen LogP contribution in [0.4, 0.5) is 0 Å². The molecule has 72 valence electrons. The molecule has 14 heavy (non-hydrogen) atoms. The van der Waals surface area contributed by atoms with Crippen LogP contribution in [0.3, 0.4) is 0 Å². The van der Waals surface area contributed by atoms with E-state index in [-0.39, 0.29) is 0 Å². The van der Waals surface area contributed by atoms with Crippen molar-refractivity contribution in [2.45, 2.75) is 13.3 Å². The number of aryl methyl sites for hydroxylation is 1. The lowest BCUT2D eigenvalue weighted by molar-refractivity contribution is 1.06. The van der Waals surface area contributed by atoms with E-state index in [0.29, 0.717) is 5.02 Å². The third-order valence-electron chi connectivity index (χ3n) is 1.99. The van der Waals surface area contributed by atoms with E-state index in [9.17, 15) is 0 Å². The molecule has 0 bridgehead atoms. The molecule has 1 N–H and O–H groups in total. The second kappa shape index (κ2) is 3.80. The highest BCUT2D eigenvalue weighted by molar-refractivity contribution is 6.30. The molecule has 0 aliphatic carbocycles. The minimum atomic E-state index is 0.622.